The third-order valence-corrected chi connectivity index (χ3v) is 8.76. The third kappa shape index (κ3) is 5.09. The van der Waals surface area contributed by atoms with Gasteiger partial charge in [-0.2, -0.15) is 0 Å². The second-order valence-electron chi connectivity index (χ2n) is 10.2. The minimum absolute atomic E-state index is 0.00133. The molecule has 2 aromatic rings. The van der Waals surface area contributed by atoms with E-state index < -0.39 is 11.0 Å². The summed E-state index contributed by atoms with van der Waals surface area (Å²) in [5.74, 6) is 0.510. The molecule has 1 aliphatic carbocycles. The maximum Gasteiger partial charge on any atom is 0.303 e. The number of fused-ring (bicyclic) bond motifs is 1. The van der Waals surface area contributed by atoms with E-state index in [1.54, 1.807) is 19.2 Å². The van der Waals surface area contributed by atoms with Crippen molar-refractivity contribution >= 4 is 35.1 Å². The summed E-state index contributed by atoms with van der Waals surface area (Å²) in [7, 11) is 5.60. The highest BCUT2D eigenvalue weighted by Gasteiger charge is 2.61. The van der Waals surface area contributed by atoms with E-state index in [-0.39, 0.29) is 24.3 Å². The number of likely N-dealkylation sites (N-methyl/N-ethyl adjacent to an activating group) is 2. The van der Waals surface area contributed by atoms with E-state index in [9.17, 15) is 9.59 Å². The highest BCUT2D eigenvalue weighted by atomic mass is 35.5. The molecular formula is C28H34Cl2N2O4. The molecule has 0 bridgehead atoms. The number of carbonyl (C=O) groups excluding carboxylic acids is 2. The molecule has 2 aromatic carbocycles. The average Bonchev–Trinajstić information content (AvgIpc) is 2.85. The molecule has 194 valence electrons. The molecule has 2 aliphatic rings. The van der Waals surface area contributed by atoms with Crippen LogP contribution in [-0.4, -0.2) is 67.6 Å². The number of halogens is 2. The molecular weight excluding hydrogens is 499 g/mol. The van der Waals surface area contributed by atoms with Crippen LogP contribution in [0.5, 0.6) is 5.75 Å². The quantitative estimate of drug-likeness (QED) is 0.482. The largest absolute Gasteiger partial charge is 0.497 e. The molecule has 3 atom stereocenters. The Morgan fingerprint density at radius 2 is 1.92 bits per heavy atom. The molecule has 0 N–H and O–H groups in total. The fraction of sp³-hybridized carbons (Fsp3) is 0.500. The molecule has 1 amide bonds. The summed E-state index contributed by atoms with van der Waals surface area (Å²) in [5.41, 5.74) is 0.794. The van der Waals surface area contributed by atoms with E-state index in [2.05, 4.69) is 24.1 Å². The number of hydrogen-bond acceptors (Lipinski definition) is 5. The van der Waals surface area contributed by atoms with Gasteiger partial charge in [-0.25, -0.2) is 0 Å². The Bertz CT molecular complexity index is 1140. The predicted molar refractivity (Wildman–Crippen MR) is 142 cm³/mol. The summed E-state index contributed by atoms with van der Waals surface area (Å²) in [6.07, 6.45) is 3.17. The van der Waals surface area contributed by atoms with Crippen molar-refractivity contribution in [2.24, 2.45) is 0 Å². The molecule has 0 spiro atoms. The van der Waals surface area contributed by atoms with Crippen molar-refractivity contribution in [3.63, 3.8) is 0 Å². The number of amides is 1. The van der Waals surface area contributed by atoms with Gasteiger partial charge >= 0.3 is 5.97 Å². The molecule has 3 unspecified atom stereocenters. The van der Waals surface area contributed by atoms with Gasteiger partial charge in [0.15, 0.2) is 0 Å². The van der Waals surface area contributed by atoms with Gasteiger partial charge in [-0.05, 0) is 74.7 Å². The summed E-state index contributed by atoms with van der Waals surface area (Å²) in [4.78, 5) is 29.8. The summed E-state index contributed by atoms with van der Waals surface area (Å²) in [6, 6.07) is 13.4. The second-order valence-corrected chi connectivity index (χ2v) is 11.0. The number of likely N-dealkylation sites (tertiary alicyclic amines) is 1. The Morgan fingerprint density at radius 3 is 2.61 bits per heavy atom. The lowest BCUT2D eigenvalue weighted by Gasteiger charge is -2.59. The number of ether oxygens (including phenoxy) is 2. The highest BCUT2D eigenvalue weighted by Crippen LogP contribution is 2.54. The maximum absolute atomic E-state index is 13.4. The number of carbonyl (C=O) groups is 2. The Labute approximate surface area is 223 Å². The summed E-state index contributed by atoms with van der Waals surface area (Å²) >= 11 is 12.2. The van der Waals surface area contributed by atoms with Gasteiger partial charge in [-0.1, -0.05) is 41.4 Å². The van der Waals surface area contributed by atoms with E-state index in [0.717, 1.165) is 36.3 Å². The number of nitrogens with zero attached hydrogens (tertiary/aromatic N) is 2. The highest BCUT2D eigenvalue weighted by molar-refractivity contribution is 6.42. The summed E-state index contributed by atoms with van der Waals surface area (Å²) < 4.78 is 11.8. The van der Waals surface area contributed by atoms with E-state index in [1.807, 2.05) is 30.1 Å². The molecule has 0 aromatic heterocycles. The van der Waals surface area contributed by atoms with Crippen molar-refractivity contribution in [3.05, 3.63) is 63.6 Å². The van der Waals surface area contributed by atoms with Crippen molar-refractivity contribution in [2.45, 2.75) is 56.1 Å². The monoisotopic (exact) mass is 532 g/mol. The average molecular weight is 533 g/mol. The van der Waals surface area contributed by atoms with Crippen LogP contribution < -0.4 is 4.74 Å². The molecule has 1 saturated heterocycles. The number of benzene rings is 2. The zero-order valence-electron chi connectivity index (χ0n) is 21.4. The van der Waals surface area contributed by atoms with Gasteiger partial charge in [0, 0.05) is 32.0 Å². The van der Waals surface area contributed by atoms with E-state index in [0.29, 0.717) is 29.4 Å². The van der Waals surface area contributed by atoms with Crippen LogP contribution in [-0.2, 0) is 26.2 Å². The summed E-state index contributed by atoms with van der Waals surface area (Å²) in [6.45, 7) is 3.00. The SMILES string of the molecule is COc1cccc(C23CCN(C)CC2(OC(C)=O)CCC(N(C)C(=O)Cc2ccc(Cl)c(Cl)c2)C3)c1. The molecule has 36 heavy (non-hydrogen) atoms. The first kappa shape index (κ1) is 26.8. The fourth-order valence-corrected chi connectivity index (χ4v) is 6.49. The zero-order valence-corrected chi connectivity index (χ0v) is 22.9. The van der Waals surface area contributed by atoms with Gasteiger partial charge in [0.2, 0.25) is 5.91 Å². The zero-order chi connectivity index (χ0) is 26.1. The first-order chi connectivity index (χ1) is 17.1. The van der Waals surface area contributed by atoms with Gasteiger partial charge < -0.3 is 19.3 Å². The minimum Gasteiger partial charge on any atom is -0.497 e. The van der Waals surface area contributed by atoms with Gasteiger partial charge in [0.05, 0.1) is 23.6 Å². The first-order valence-electron chi connectivity index (χ1n) is 12.3. The molecule has 8 heteroatoms. The van der Waals surface area contributed by atoms with Crippen molar-refractivity contribution in [1.29, 1.82) is 0 Å². The lowest BCUT2D eigenvalue weighted by atomic mass is 9.55. The third-order valence-electron chi connectivity index (χ3n) is 8.03. The maximum atomic E-state index is 13.4. The number of esters is 1. The first-order valence-corrected chi connectivity index (χ1v) is 13.1. The van der Waals surface area contributed by atoms with Crippen LogP contribution in [0.3, 0.4) is 0 Å². The molecule has 1 aliphatic heterocycles. The van der Waals surface area contributed by atoms with Crippen LogP contribution in [0, 0.1) is 0 Å². The number of hydrogen-bond donors (Lipinski definition) is 0. The standard InChI is InChI=1S/C28H34Cl2N2O4/c1-19(33)36-28-11-10-22(32(3)26(34)15-20-8-9-24(29)25(30)14-20)17-27(28,12-13-31(2)18-28)21-6-5-7-23(16-21)35-4/h5-9,14,16,22H,10-13,15,17-18H2,1-4H3. The van der Waals surface area contributed by atoms with Crippen molar-refractivity contribution in [2.75, 3.05) is 34.3 Å². The van der Waals surface area contributed by atoms with E-state index in [1.165, 1.54) is 6.92 Å². The molecule has 2 fully saturated rings. The minimum atomic E-state index is -0.678. The molecule has 6 nitrogen and oxygen atoms in total. The topological polar surface area (TPSA) is 59.1 Å². The summed E-state index contributed by atoms with van der Waals surface area (Å²) in [5, 5.41) is 0.912. The Kier molecular flexibility index (Phi) is 7.89. The fourth-order valence-electron chi connectivity index (χ4n) is 6.17. The van der Waals surface area contributed by atoms with Crippen LogP contribution in [0.25, 0.3) is 0 Å². The lowest BCUT2D eigenvalue weighted by molar-refractivity contribution is -0.188. The molecule has 0 radical (unpaired) electrons. The predicted octanol–water partition coefficient (Wildman–Crippen LogP) is 5.13. The van der Waals surface area contributed by atoms with Crippen LogP contribution in [0.15, 0.2) is 42.5 Å². The van der Waals surface area contributed by atoms with Crippen molar-refractivity contribution < 1.29 is 19.1 Å². The van der Waals surface area contributed by atoms with Gasteiger partial charge in [0.25, 0.3) is 0 Å². The Hall–Kier alpha value is -2.28. The normalized spacial score (nSPS) is 26.1. The van der Waals surface area contributed by atoms with Crippen LogP contribution in [0.1, 0.15) is 43.7 Å². The van der Waals surface area contributed by atoms with Crippen LogP contribution in [0.2, 0.25) is 10.0 Å². The van der Waals surface area contributed by atoms with E-state index in [4.69, 9.17) is 32.7 Å². The Morgan fingerprint density at radius 1 is 1.14 bits per heavy atom. The lowest BCUT2D eigenvalue weighted by Crippen LogP contribution is -2.68. The molecule has 1 saturated carbocycles. The van der Waals surface area contributed by atoms with Crippen molar-refractivity contribution in [3.8, 4) is 5.75 Å². The van der Waals surface area contributed by atoms with Crippen LogP contribution >= 0.6 is 23.2 Å². The number of methoxy groups -OCH3 is 1. The number of piperidine rings is 1. The van der Waals surface area contributed by atoms with Gasteiger partial charge in [-0.15, -0.1) is 0 Å². The van der Waals surface area contributed by atoms with Gasteiger partial charge in [0.1, 0.15) is 11.4 Å². The molecule has 1 heterocycles. The van der Waals surface area contributed by atoms with Crippen molar-refractivity contribution in [1.82, 2.24) is 9.80 Å². The smallest absolute Gasteiger partial charge is 0.303 e. The number of rotatable bonds is 6. The van der Waals surface area contributed by atoms with Crippen LogP contribution in [0.4, 0.5) is 0 Å². The van der Waals surface area contributed by atoms with Gasteiger partial charge in [-0.3, -0.25) is 9.59 Å². The Balaban J connectivity index is 1.68. The molecule has 4 rings (SSSR count). The van der Waals surface area contributed by atoms with E-state index >= 15 is 0 Å². The second kappa shape index (κ2) is 10.6.